The number of imidazole rings is 2. The second-order valence-corrected chi connectivity index (χ2v) is 10.2. The van der Waals surface area contributed by atoms with E-state index >= 15 is 0 Å². The van der Waals surface area contributed by atoms with Crippen molar-refractivity contribution < 1.29 is 13.6 Å². The van der Waals surface area contributed by atoms with Gasteiger partial charge in [0.15, 0.2) is 5.82 Å². The summed E-state index contributed by atoms with van der Waals surface area (Å²) < 4.78 is 31.9. The first-order valence-corrected chi connectivity index (χ1v) is 12.9. The van der Waals surface area contributed by atoms with Gasteiger partial charge in [-0.05, 0) is 56.8 Å². The second-order valence-electron chi connectivity index (χ2n) is 10.2. The lowest BCUT2D eigenvalue weighted by Gasteiger charge is -2.29. The van der Waals surface area contributed by atoms with Crippen LogP contribution < -0.4 is 10.6 Å². The van der Waals surface area contributed by atoms with E-state index in [2.05, 4.69) is 39.5 Å². The highest BCUT2D eigenvalue weighted by molar-refractivity contribution is 5.94. The lowest BCUT2D eigenvalue weighted by atomic mass is 9.87. The molecule has 1 unspecified atom stereocenters. The molecule has 3 atom stereocenters. The van der Waals surface area contributed by atoms with E-state index < -0.39 is 17.7 Å². The summed E-state index contributed by atoms with van der Waals surface area (Å²) in [7, 11) is 4.04. The van der Waals surface area contributed by atoms with Crippen molar-refractivity contribution >= 4 is 11.7 Å². The van der Waals surface area contributed by atoms with Crippen molar-refractivity contribution in [3.05, 3.63) is 65.6 Å². The minimum Gasteiger partial charge on any atom is -0.337 e. The molecule has 2 aromatic heterocycles. The molecule has 0 aliphatic heterocycles. The zero-order valence-electron chi connectivity index (χ0n) is 22.0. The number of hydrogen-bond acceptors (Lipinski definition) is 5. The number of aryl methyl sites for hydroxylation is 2. The molecule has 0 spiro atoms. The summed E-state index contributed by atoms with van der Waals surface area (Å²) in [5.74, 6) is 0.292. The maximum Gasteiger partial charge on any atom is 0.242 e. The molecule has 0 saturated carbocycles. The normalized spacial score (nSPS) is 17.0. The molecule has 37 heavy (non-hydrogen) atoms. The Labute approximate surface area is 217 Å². The van der Waals surface area contributed by atoms with Crippen LogP contribution >= 0.6 is 0 Å². The highest BCUT2D eigenvalue weighted by atomic mass is 19.1. The van der Waals surface area contributed by atoms with Gasteiger partial charge >= 0.3 is 0 Å². The highest BCUT2D eigenvalue weighted by Gasteiger charge is 2.27. The van der Waals surface area contributed by atoms with Crippen LogP contribution in [0.4, 0.5) is 14.6 Å². The third-order valence-corrected chi connectivity index (χ3v) is 7.07. The third kappa shape index (κ3) is 6.81. The number of halogens is 2. The summed E-state index contributed by atoms with van der Waals surface area (Å²) in [5, 5.41) is 6.36. The summed E-state index contributed by atoms with van der Waals surface area (Å²) in [5.41, 5.74) is 1.26. The van der Waals surface area contributed by atoms with E-state index in [1.807, 2.05) is 35.5 Å². The Hall–Kier alpha value is -3.11. The monoisotopic (exact) mass is 513 g/mol. The fraction of sp³-hybridized carbons (Fsp3) is 0.519. The van der Waals surface area contributed by atoms with Crippen LogP contribution in [0.3, 0.4) is 0 Å². The number of carbonyl (C=O) groups excluding carboxylic acids is 1. The van der Waals surface area contributed by atoms with Crippen molar-refractivity contribution in [1.82, 2.24) is 29.3 Å². The molecule has 4 rings (SSSR count). The molecule has 10 heteroatoms. The number of hydrogen-bond donors (Lipinski definition) is 2. The predicted octanol–water partition coefficient (Wildman–Crippen LogP) is 3.84. The summed E-state index contributed by atoms with van der Waals surface area (Å²) in [6, 6.07) is 2.02. The molecular formula is C27H37F2N7O. The van der Waals surface area contributed by atoms with Gasteiger partial charge in [0.25, 0.3) is 0 Å². The van der Waals surface area contributed by atoms with E-state index in [9.17, 15) is 13.6 Å². The van der Waals surface area contributed by atoms with Crippen LogP contribution in [0.1, 0.15) is 56.1 Å². The molecule has 8 nitrogen and oxygen atoms in total. The molecule has 2 N–H and O–H groups in total. The maximum atomic E-state index is 14.3. The van der Waals surface area contributed by atoms with Crippen molar-refractivity contribution in [1.29, 1.82) is 0 Å². The number of likely N-dealkylation sites (N-methyl/N-ethyl adjacent to an activating group) is 1. The lowest BCUT2D eigenvalue weighted by molar-refractivity contribution is -0.118. The van der Waals surface area contributed by atoms with Crippen LogP contribution in [0.15, 0.2) is 37.1 Å². The average Bonchev–Trinajstić information content (AvgIpc) is 3.48. The summed E-state index contributed by atoms with van der Waals surface area (Å²) >= 11 is 0. The molecule has 1 amide bonds. The second kappa shape index (κ2) is 12.0. The Bertz CT molecular complexity index is 1210. The van der Waals surface area contributed by atoms with Gasteiger partial charge in [0.2, 0.25) is 5.91 Å². The van der Waals surface area contributed by atoms with E-state index in [0.717, 1.165) is 43.4 Å². The van der Waals surface area contributed by atoms with Gasteiger partial charge in [-0.15, -0.1) is 0 Å². The van der Waals surface area contributed by atoms with Crippen LogP contribution in [0, 0.1) is 11.6 Å². The number of aromatic nitrogens is 4. The quantitative estimate of drug-likeness (QED) is 0.407. The van der Waals surface area contributed by atoms with Crippen molar-refractivity contribution in [2.24, 2.45) is 7.05 Å². The summed E-state index contributed by atoms with van der Waals surface area (Å²) in [6.07, 6.45) is 10.5. The van der Waals surface area contributed by atoms with Crippen molar-refractivity contribution in [2.75, 3.05) is 18.9 Å². The van der Waals surface area contributed by atoms with Crippen molar-refractivity contribution in [3.63, 3.8) is 0 Å². The molecule has 0 saturated heterocycles. The van der Waals surface area contributed by atoms with Gasteiger partial charge in [-0.3, -0.25) is 9.69 Å². The number of carbonyl (C=O) groups is 1. The summed E-state index contributed by atoms with van der Waals surface area (Å²) in [4.78, 5) is 24.1. The molecule has 1 aliphatic rings. The minimum absolute atomic E-state index is 0.0541. The Balaban J connectivity index is 1.33. The van der Waals surface area contributed by atoms with E-state index in [-0.39, 0.29) is 18.0 Å². The van der Waals surface area contributed by atoms with E-state index in [4.69, 9.17) is 0 Å². The molecule has 0 fully saturated rings. The maximum absolute atomic E-state index is 14.3. The van der Waals surface area contributed by atoms with Gasteiger partial charge < -0.3 is 19.8 Å². The number of anilines is 1. The number of amides is 1. The average molecular weight is 514 g/mol. The first kappa shape index (κ1) is 26.9. The molecule has 200 valence electrons. The Morgan fingerprint density at radius 3 is 2.84 bits per heavy atom. The Kier molecular flexibility index (Phi) is 8.71. The molecule has 3 aromatic rings. The number of fused-ring (bicyclic) bond motifs is 1. The van der Waals surface area contributed by atoms with Gasteiger partial charge in [-0.2, -0.15) is 0 Å². The van der Waals surface area contributed by atoms with Crippen LogP contribution in [0.5, 0.6) is 0 Å². The van der Waals surface area contributed by atoms with Crippen LogP contribution in [0.2, 0.25) is 0 Å². The third-order valence-electron chi connectivity index (χ3n) is 7.07. The van der Waals surface area contributed by atoms with E-state index in [1.165, 1.54) is 6.07 Å². The Morgan fingerprint density at radius 2 is 2.11 bits per heavy atom. The first-order valence-electron chi connectivity index (χ1n) is 12.9. The molecule has 1 aromatic carbocycles. The summed E-state index contributed by atoms with van der Waals surface area (Å²) in [6.45, 7) is 5.66. The van der Waals surface area contributed by atoms with Crippen LogP contribution in [0.25, 0.3) is 0 Å². The smallest absolute Gasteiger partial charge is 0.242 e. The van der Waals surface area contributed by atoms with Crippen LogP contribution in [-0.4, -0.2) is 55.6 Å². The van der Waals surface area contributed by atoms with Crippen molar-refractivity contribution in [2.45, 2.75) is 70.6 Å². The first-order chi connectivity index (χ1) is 17.7. The van der Waals surface area contributed by atoms with Gasteiger partial charge in [-0.25, -0.2) is 18.7 Å². The fourth-order valence-corrected chi connectivity index (χ4v) is 5.05. The number of nitrogens with one attached hydrogen (secondary N) is 2. The zero-order chi connectivity index (χ0) is 26.5. The van der Waals surface area contributed by atoms with Gasteiger partial charge in [0.05, 0.1) is 18.9 Å². The zero-order valence-corrected chi connectivity index (χ0v) is 22.0. The van der Waals surface area contributed by atoms with Gasteiger partial charge in [0, 0.05) is 50.3 Å². The number of nitrogens with zero attached hydrogens (tertiary/aromatic N) is 5. The van der Waals surface area contributed by atoms with E-state index in [0.29, 0.717) is 30.6 Å². The van der Waals surface area contributed by atoms with Crippen LogP contribution in [-0.2, 0) is 31.2 Å². The standard InChI is InChI=1S/C27H37F2N7O/c1-5-6-24(32-21-8-7-19-11-20(28)12-23(29)22(19)13-21)27(37)33-25-15-36(17-31-25)18(2)14-34(3)16-26-30-9-10-35(26)4/h9-12,15,17-18,21,24,32H,5-8,13-14,16H2,1-4H3,(H,33,37)/t18-,21?,24-/m0/s1. The molecule has 1 aliphatic carbocycles. The number of benzene rings is 1. The molecule has 0 radical (unpaired) electrons. The fourth-order valence-electron chi connectivity index (χ4n) is 5.05. The highest BCUT2D eigenvalue weighted by Crippen LogP contribution is 2.26. The lowest BCUT2D eigenvalue weighted by Crippen LogP contribution is -2.48. The van der Waals surface area contributed by atoms with Crippen molar-refractivity contribution in [3.8, 4) is 0 Å². The molecule has 0 bridgehead atoms. The predicted molar refractivity (Wildman–Crippen MR) is 139 cm³/mol. The molecular weight excluding hydrogens is 476 g/mol. The largest absolute Gasteiger partial charge is 0.337 e. The SMILES string of the molecule is CCC[C@H](NC1CCc2cc(F)cc(F)c2C1)C(=O)Nc1cn([C@@H](C)CN(C)Cc2nccn2C)cn1. The minimum atomic E-state index is -0.542. The molecule has 2 heterocycles. The number of rotatable bonds is 11. The van der Waals surface area contributed by atoms with Gasteiger partial charge in [-0.1, -0.05) is 13.3 Å². The van der Waals surface area contributed by atoms with E-state index in [1.54, 1.807) is 12.5 Å². The topological polar surface area (TPSA) is 80.0 Å². The van der Waals surface area contributed by atoms with Gasteiger partial charge in [0.1, 0.15) is 17.5 Å². The Morgan fingerprint density at radius 1 is 1.30 bits per heavy atom.